The Morgan fingerprint density at radius 3 is 2.54 bits per heavy atom. The number of hydrogen-bond donors (Lipinski definition) is 0. The first kappa shape index (κ1) is 18.1. The van der Waals surface area contributed by atoms with E-state index in [0.29, 0.717) is 5.54 Å². The van der Waals surface area contributed by atoms with Gasteiger partial charge in [-0.3, -0.25) is 9.80 Å². The third-order valence-electron chi connectivity index (χ3n) is 6.16. The van der Waals surface area contributed by atoms with Crippen LogP contribution >= 0.6 is 11.6 Å². The van der Waals surface area contributed by atoms with E-state index in [4.69, 9.17) is 16.0 Å². The van der Waals surface area contributed by atoms with Crippen LogP contribution in [0.1, 0.15) is 18.6 Å². The van der Waals surface area contributed by atoms with E-state index < -0.39 is 0 Å². The van der Waals surface area contributed by atoms with Crippen LogP contribution in [0.15, 0.2) is 40.8 Å². The van der Waals surface area contributed by atoms with Crippen molar-refractivity contribution < 1.29 is 4.42 Å². The summed E-state index contributed by atoms with van der Waals surface area (Å²) in [7, 11) is 4.55. The highest BCUT2D eigenvalue weighted by Crippen LogP contribution is 2.33. The summed E-state index contributed by atoms with van der Waals surface area (Å²) < 4.78 is 6.08. The predicted molar refractivity (Wildman–Crippen MR) is 107 cm³/mol. The SMILES string of the molecule is CN1CCN(C)C2(CCN(Cc3ccc(-c4ccccc4Cl)o3)CC2)C1. The van der Waals surface area contributed by atoms with Gasteiger partial charge in [-0.1, -0.05) is 23.7 Å². The van der Waals surface area contributed by atoms with Crippen molar-refractivity contribution >= 4 is 11.6 Å². The van der Waals surface area contributed by atoms with Gasteiger partial charge in [-0.15, -0.1) is 0 Å². The van der Waals surface area contributed by atoms with E-state index in [0.717, 1.165) is 41.7 Å². The standard InChI is InChI=1S/C21H28ClN3O/c1-23-13-14-24(2)21(16-23)9-11-25(12-10-21)15-17-7-8-20(26-17)18-5-3-4-6-19(18)22/h3-8H,9-16H2,1-2H3. The summed E-state index contributed by atoms with van der Waals surface area (Å²) in [6.45, 7) is 6.67. The van der Waals surface area contributed by atoms with Gasteiger partial charge in [0.15, 0.2) is 0 Å². The Kier molecular flexibility index (Phi) is 5.11. The number of piperazine rings is 1. The zero-order valence-electron chi connectivity index (χ0n) is 15.7. The Balaban J connectivity index is 1.39. The van der Waals surface area contributed by atoms with Crippen molar-refractivity contribution in [3.05, 3.63) is 47.2 Å². The topological polar surface area (TPSA) is 22.9 Å². The van der Waals surface area contributed by atoms with Crippen LogP contribution in [0.5, 0.6) is 0 Å². The summed E-state index contributed by atoms with van der Waals surface area (Å²) in [5, 5.41) is 0.734. The number of halogens is 1. The van der Waals surface area contributed by atoms with E-state index in [-0.39, 0.29) is 0 Å². The molecule has 1 aromatic heterocycles. The number of rotatable bonds is 3. The van der Waals surface area contributed by atoms with E-state index in [1.54, 1.807) is 0 Å². The number of hydrogen-bond acceptors (Lipinski definition) is 4. The molecule has 2 aliphatic heterocycles. The number of likely N-dealkylation sites (N-methyl/N-ethyl adjacent to an activating group) is 2. The minimum Gasteiger partial charge on any atom is -0.460 e. The lowest BCUT2D eigenvalue weighted by molar-refractivity contribution is -0.0214. The van der Waals surface area contributed by atoms with Crippen molar-refractivity contribution in [2.45, 2.75) is 24.9 Å². The van der Waals surface area contributed by atoms with E-state index in [2.05, 4.69) is 34.9 Å². The van der Waals surface area contributed by atoms with Gasteiger partial charge in [0, 0.05) is 43.8 Å². The first-order valence-corrected chi connectivity index (χ1v) is 9.89. The number of nitrogens with zero attached hydrogens (tertiary/aromatic N) is 3. The van der Waals surface area contributed by atoms with E-state index >= 15 is 0 Å². The summed E-state index contributed by atoms with van der Waals surface area (Å²) in [5.41, 5.74) is 1.32. The predicted octanol–water partition coefficient (Wildman–Crippen LogP) is 3.81. The minimum atomic E-state index is 0.357. The molecule has 26 heavy (non-hydrogen) atoms. The van der Waals surface area contributed by atoms with Crippen LogP contribution in [0.4, 0.5) is 0 Å². The second kappa shape index (κ2) is 7.35. The molecule has 1 aromatic carbocycles. The normalized spacial score (nSPS) is 22.1. The van der Waals surface area contributed by atoms with Gasteiger partial charge in [-0.25, -0.2) is 0 Å². The summed E-state index contributed by atoms with van der Waals surface area (Å²) in [6, 6.07) is 12.0. The van der Waals surface area contributed by atoms with Crippen LogP contribution in [0, 0.1) is 0 Å². The van der Waals surface area contributed by atoms with Crippen molar-refractivity contribution in [3.8, 4) is 11.3 Å². The fourth-order valence-electron chi connectivity index (χ4n) is 4.42. The summed E-state index contributed by atoms with van der Waals surface area (Å²) in [6.07, 6.45) is 2.46. The van der Waals surface area contributed by atoms with E-state index in [1.165, 1.54) is 32.5 Å². The quantitative estimate of drug-likeness (QED) is 0.816. The molecule has 4 nitrogen and oxygen atoms in total. The average Bonchev–Trinajstić information content (AvgIpc) is 3.09. The zero-order valence-corrected chi connectivity index (χ0v) is 16.5. The summed E-state index contributed by atoms with van der Waals surface area (Å²) in [4.78, 5) is 7.59. The second-order valence-electron chi connectivity index (χ2n) is 7.91. The molecule has 2 fully saturated rings. The highest BCUT2D eigenvalue weighted by Gasteiger charge is 2.41. The lowest BCUT2D eigenvalue weighted by atomic mass is 9.84. The Morgan fingerprint density at radius 2 is 1.77 bits per heavy atom. The third-order valence-corrected chi connectivity index (χ3v) is 6.49. The summed E-state index contributed by atoms with van der Waals surface area (Å²) in [5.74, 6) is 1.87. The molecule has 3 heterocycles. The molecule has 0 amide bonds. The van der Waals surface area contributed by atoms with Gasteiger partial charge in [0.2, 0.25) is 0 Å². The fourth-order valence-corrected chi connectivity index (χ4v) is 4.65. The molecule has 2 aromatic rings. The molecule has 4 rings (SSSR count). The molecular weight excluding hydrogens is 346 g/mol. The maximum Gasteiger partial charge on any atom is 0.135 e. The molecule has 0 saturated carbocycles. The highest BCUT2D eigenvalue weighted by molar-refractivity contribution is 6.33. The van der Waals surface area contributed by atoms with Gasteiger partial charge in [0.05, 0.1) is 11.6 Å². The fraction of sp³-hybridized carbons (Fsp3) is 0.524. The molecule has 1 spiro atoms. The molecule has 2 aliphatic rings. The van der Waals surface area contributed by atoms with Crippen molar-refractivity contribution in [1.29, 1.82) is 0 Å². The maximum absolute atomic E-state index is 6.29. The average molecular weight is 374 g/mol. The van der Waals surface area contributed by atoms with Crippen LogP contribution in [0.2, 0.25) is 5.02 Å². The van der Waals surface area contributed by atoms with Crippen LogP contribution in [-0.4, -0.2) is 67.1 Å². The molecule has 0 aliphatic carbocycles. The number of piperidine rings is 1. The molecule has 0 N–H and O–H groups in total. The van der Waals surface area contributed by atoms with Crippen molar-refractivity contribution in [1.82, 2.24) is 14.7 Å². The second-order valence-corrected chi connectivity index (χ2v) is 8.31. The van der Waals surface area contributed by atoms with E-state index in [1.807, 2.05) is 30.3 Å². The molecule has 0 unspecified atom stereocenters. The minimum absolute atomic E-state index is 0.357. The molecule has 2 saturated heterocycles. The largest absolute Gasteiger partial charge is 0.460 e. The van der Waals surface area contributed by atoms with Crippen LogP contribution in [-0.2, 0) is 6.54 Å². The van der Waals surface area contributed by atoms with E-state index in [9.17, 15) is 0 Å². The van der Waals surface area contributed by atoms with Crippen LogP contribution < -0.4 is 0 Å². The molecular formula is C21H28ClN3O. The van der Waals surface area contributed by atoms with Gasteiger partial charge in [0.1, 0.15) is 11.5 Å². The molecule has 140 valence electrons. The smallest absolute Gasteiger partial charge is 0.135 e. The van der Waals surface area contributed by atoms with Crippen LogP contribution in [0.3, 0.4) is 0 Å². The van der Waals surface area contributed by atoms with Gasteiger partial charge in [-0.05, 0) is 51.2 Å². The van der Waals surface area contributed by atoms with Crippen molar-refractivity contribution in [2.75, 3.05) is 46.8 Å². The monoisotopic (exact) mass is 373 g/mol. The summed E-state index contributed by atoms with van der Waals surface area (Å²) >= 11 is 6.29. The highest BCUT2D eigenvalue weighted by atomic mass is 35.5. The Bertz CT molecular complexity index is 751. The lowest BCUT2D eigenvalue weighted by Crippen LogP contribution is -2.63. The number of furan rings is 1. The van der Waals surface area contributed by atoms with Gasteiger partial charge >= 0.3 is 0 Å². The van der Waals surface area contributed by atoms with Gasteiger partial charge in [-0.2, -0.15) is 0 Å². The van der Waals surface area contributed by atoms with Crippen molar-refractivity contribution in [3.63, 3.8) is 0 Å². The maximum atomic E-state index is 6.29. The first-order chi connectivity index (χ1) is 12.6. The molecule has 0 radical (unpaired) electrons. The third kappa shape index (κ3) is 3.56. The van der Waals surface area contributed by atoms with Gasteiger partial charge < -0.3 is 9.32 Å². The lowest BCUT2D eigenvalue weighted by Gasteiger charge is -2.52. The Labute approximate surface area is 161 Å². The Hall–Kier alpha value is -1.33. The zero-order chi connectivity index (χ0) is 18.1. The van der Waals surface area contributed by atoms with Gasteiger partial charge in [0.25, 0.3) is 0 Å². The van der Waals surface area contributed by atoms with Crippen LogP contribution in [0.25, 0.3) is 11.3 Å². The molecule has 0 bridgehead atoms. The number of likely N-dealkylation sites (tertiary alicyclic amines) is 1. The molecule has 5 heteroatoms. The van der Waals surface area contributed by atoms with Crippen molar-refractivity contribution in [2.24, 2.45) is 0 Å². The first-order valence-electron chi connectivity index (χ1n) is 9.51. The molecule has 0 atom stereocenters. The Morgan fingerprint density at radius 1 is 1.00 bits per heavy atom. The number of benzene rings is 1.